The molecule has 3 aromatic rings. The minimum atomic E-state index is -4.23. The topological polar surface area (TPSA) is 160 Å². The quantitative estimate of drug-likeness (QED) is 0.191. The summed E-state index contributed by atoms with van der Waals surface area (Å²) in [6, 6.07) is 8.62. The summed E-state index contributed by atoms with van der Waals surface area (Å²) in [6.07, 6.45) is -4.64. The van der Waals surface area contributed by atoms with E-state index >= 15 is 4.39 Å². The molecule has 0 amide bonds. The van der Waals surface area contributed by atoms with Crippen molar-refractivity contribution in [1.29, 1.82) is 0 Å². The third-order valence-electron chi connectivity index (χ3n) is 5.51. The number of halogens is 2. The van der Waals surface area contributed by atoms with Gasteiger partial charge in [0.05, 0.1) is 18.6 Å². The molecule has 2 aromatic heterocycles. The van der Waals surface area contributed by atoms with Gasteiger partial charge in [-0.25, -0.2) is 13.9 Å². The average molecular weight is 558 g/mol. The normalized spacial score (nSPS) is 24.0. The van der Waals surface area contributed by atoms with E-state index in [4.69, 9.17) is 35.9 Å². The molecule has 1 fully saturated rings. The maximum absolute atomic E-state index is 15.2. The molecule has 0 radical (unpaired) electrons. The van der Waals surface area contributed by atoms with Crippen LogP contribution in [0.1, 0.15) is 20.1 Å². The molecule has 15 heteroatoms. The lowest BCUT2D eigenvalue weighted by atomic mass is 10.1. The molecule has 1 saturated heterocycles. The number of anilines is 1. The number of nitrogens with zero attached hydrogens (tertiary/aromatic N) is 3. The number of rotatable bonds is 10. The number of aliphatic hydroxyl groups excluding tert-OH is 1. The average Bonchev–Trinajstić information content (AvgIpc) is 3.39. The van der Waals surface area contributed by atoms with Gasteiger partial charge in [0.25, 0.3) is 0 Å². The zero-order valence-electron chi connectivity index (χ0n) is 19.9. The number of nitrogens with one attached hydrogen (secondary N) is 1. The van der Waals surface area contributed by atoms with E-state index in [9.17, 15) is 14.5 Å². The van der Waals surface area contributed by atoms with Gasteiger partial charge in [-0.15, -0.1) is 0 Å². The highest BCUT2D eigenvalue weighted by molar-refractivity contribution is 7.52. The molecule has 4 rings (SSSR count). The summed E-state index contributed by atoms with van der Waals surface area (Å²) in [4.78, 5) is 20.0. The Morgan fingerprint density at radius 1 is 1.35 bits per heavy atom. The van der Waals surface area contributed by atoms with Crippen molar-refractivity contribution >= 4 is 42.2 Å². The molecule has 1 aromatic carbocycles. The van der Waals surface area contributed by atoms with Gasteiger partial charge < -0.3 is 29.4 Å². The molecule has 0 saturated carbocycles. The Morgan fingerprint density at radius 3 is 2.78 bits per heavy atom. The Bertz CT molecular complexity index is 1300. The number of carbonyl (C=O) groups excluding carboxylic acids is 1. The molecule has 3 heterocycles. The third-order valence-corrected chi connectivity index (χ3v) is 7.32. The lowest BCUT2D eigenvalue weighted by Crippen LogP contribution is -2.37. The smallest absolute Gasteiger partial charge is 0.459 e. The fraction of sp³-hybridized carbons (Fsp3) is 0.409. The van der Waals surface area contributed by atoms with Crippen LogP contribution in [0.15, 0.2) is 42.6 Å². The van der Waals surface area contributed by atoms with Gasteiger partial charge >= 0.3 is 13.7 Å². The summed E-state index contributed by atoms with van der Waals surface area (Å²) in [5, 5.41) is 13.3. The molecule has 6 atom stereocenters. The van der Waals surface area contributed by atoms with Crippen molar-refractivity contribution in [2.24, 2.45) is 0 Å². The number of hydrogen-bond donors (Lipinski definition) is 3. The van der Waals surface area contributed by atoms with Crippen LogP contribution in [0.2, 0.25) is 5.28 Å². The lowest BCUT2D eigenvalue weighted by Gasteiger charge is -2.24. The van der Waals surface area contributed by atoms with E-state index in [0.29, 0.717) is 5.39 Å². The summed E-state index contributed by atoms with van der Waals surface area (Å²) in [5.41, 5.74) is 6.07. The monoisotopic (exact) mass is 557 g/mol. The SMILES string of the molecule is CCOC(=O)[C@H](C)NP(=O)(OC[C@H]1O[C@@H](n2ccc3c(N)nc(Cl)nc32)[C@H](F)C1O)Oc1ccccc1. The fourth-order valence-electron chi connectivity index (χ4n) is 3.74. The van der Waals surface area contributed by atoms with Crippen molar-refractivity contribution in [2.45, 2.75) is 44.5 Å². The highest BCUT2D eigenvalue weighted by atomic mass is 35.5. The van der Waals surface area contributed by atoms with Crippen LogP contribution in [0.3, 0.4) is 0 Å². The van der Waals surface area contributed by atoms with Crippen LogP contribution in [0.4, 0.5) is 10.2 Å². The zero-order valence-corrected chi connectivity index (χ0v) is 21.5. The van der Waals surface area contributed by atoms with E-state index in [1.807, 2.05) is 0 Å². The number of ether oxygens (including phenoxy) is 2. The maximum Gasteiger partial charge on any atom is 0.459 e. The fourth-order valence-corrected chi connectivity index (χ4v) is 5.41. The van der Waals surface area contributed by atoms with Gasteiger partial charge in [0.15, 0.2) is 12.4 Å². The first-order valence-corrected chi connectivity index (χ1v) is 13.2. The highest BCUT2D eigenvalue weighted by Crippen LogP contribution is 2.46. The van der Waals surface area contributed by atoms with E-state index in [-0.39, 0.29) is 29.1 Å². The van der Waals surface area contributed by atoms with Gasteiger partial charge in [0.1, 0.15) is 35.5 Å². The molecule has 1 aliphatic rings. The number of alkyl halides is 1. The number of fused-ring (bicyclic) bond motifs is 1. The minimum absolute atomic E-state index is 0.100. The second-order valence-corrected chi connectivity index (χ2v) is 10.2. The van der Waals surface area contributed by atoms with Crippen molar-refractivity contribution in [2.75, 3.05) is 18.9 Å². The summed E-state index contributed by atoms with van der Waals surface area (Å²) >= 11 is 5.90. The second-order valence-electron chi connectivity index (χ2n) is 8.14. The Morgan fingerprint density at radius 2 is 2.08 bits per heavy atom. The molecule has 200 valence electrons. The van der Waals surface area contributed by atoms with Gasteiger partial charge in [-0.3, -0.25) is 9.32 Å². The molecule has 0 bridgehead atoms. The van der Waals surface area contributed by atoms with E-state index in [1.165, 1.54) is 29.8 Å². The second kappa shape index (κ2) is 11.3. The van der Waals surface area contributed by atoms with Crippen LogP contribution in [0.5, 0.6) is 5.75 Å². The van der Waals surface area contributed by atoms with Gasteiger partial charge in [-0.05, 0) is 43.6 Å². The van der Waals surface area contributed by atoms with Crippen molar-refractivity contribution in [1.82, 2.24) is 19.6 Å². The van der Waals surface area contributed by atoms with Gasteiger partial charge in [0, 0.05) is 6.20 Å². The number of para-hydroxylation sites is 1. The predicted octanol–water partition coefficient (Wildman–Crippen LogP) is 3.01. The number of esters is 1. The van der Waals surface area contributed by atoms with E-state index in [0.717, 1.165) is 0 Å². The predicted molar refractivity (Wildman–Crippen MR) is 132 cm³/mol. The summed E-state index contributed by atoms with van der Waals surface area (Å²) in [7, 11) is -4.23. The first kappa shape index (κ1) is 27.2. The molecule has 0 spiro atoms. The third kappa shape index (κ3) is 6.03. The standard InChI is InChI=1S/C22H26ClFN5O7P/c1-3-33-21(31)12(2)28-37(32,36-13-7-5-4-6-8-13)34-11-15-17(30)16(24)20(35-15)29-10-9-14-18(25)26-22(23)27-19(14)29/h4-10,12,15-17,20,30H,3,11H2,1-2H3,(H,28,32)(H2,25,26,27)/t12-,15+,16+,17?,20+,37?/m0/s1. The van der Waals surface area contributed by atoms with Crippen molar-refractivity contribution in [3.63, 3.8) is 0 Å². The number of nitrogens with two attached hydrogens (primary N) is 1. The molecule has 0 aliphatic carbocycles. The number of nitrogen functional groups attached to an aromatic ring is 1. The van der Waals surface area contributed by atoms with E-state index in [1.54, 1.807) is 31.2 Å². The molecule has 37 heavy (non-hydrogen) atoms. The van der Waals surface area contributed by atoms with Crippen LogP contribution in [-0.2, 0) is 23.4 Å². The Labute approximate surface area is 216 Å². The van der Waals surface area contributed by atoms with Crippen LogP contribution in [0, 0.1) is 0 Å². The minimum Gasteiger partial charge on any atom is -0.465 e. The van der Waals surface area contributed by atoms with Gasteiger partial charge in [0.2, 0.25) is 5.28 Å². The number of benzene rings is 1. The number of hydrogen-bond acceptors (Lipinski definition) is 10. The Balaban J connectivity index is 1.52. The van der Waals surface area contributed by atoms with Crippen LogP contribution in [-0.4, -0.2) is 63.2 Å². The van der Waals surface area contributed by atoms with Crippen molar-refractivity contribution < 1.29 is 37.4 Å². The maximum atomic E-state index is 15.2. The lowest BCUT2D eigenvalue weighted by molar-refractivity contribution is -0.144. The molecular weight excluding hydrogens is 532 g/mol. The first-order chi connectivity index (χ1) is 17.6. The first-order valence-electron chi connectivity index (χ1n) is 11.3. The Hall–Kier alpha value is -2.80. The zero-order chi connectivity index (χ0) is 26.7. The molecule has 12 nitrogen and oxygen atoms in total. The van der Waals surface area contributed by atoms with Gasteiger partial charge in [-0.2, -0.15) is 10.1 Å². The summed E-state index contributed by atoms with van der Waals surface area (Å²) in [5.74, 6) is -0.386. The molecular formula is C22H26ClFN5O7P. The van der Waals surface area contributed by atoms with E-state index in [2.05, 4.69) is 15.1 Å². The number of aliphatic hydroxyl groups is 1. The van der Waals surface area contributed by atoms with Crippen molar-refractivity contribution in [3.8, 4) is 5.75 Å². The number of aromatic nitrogens is 3. The summed E-state index contributed by atoms with van der Waals surface area (Å²) < 4.78 is 51.8. The van der Waals surface area contributed by atoms with Crippen LogP contribution < -0.4 is 15.3 Å². The molecule has 1 aliphatic heterocycles. The van der Waals surface area contributed by atoms with E-state index < -0.39 is 51.0 Å². The Kier molecular flexibility index (Phi) is 8.32. The molecule has 2 unspecified atom stereocenters. The molecule has 4 N–H and O–H groups in total. The largest absolute Gasteiger partial charge is 0.465 e. The highest BCUT2D eigenvalue weighted by Gasteiger charge is 2.47. The van der Waals surface area contributed by atoms with Crippen molar-refractivity contribution in [3.05, 3.63) is 47.9 Å². The van der Waals surface area contributed by atoms with Gasteiger partial charge in [-0.1, -0.05) is 18.2 Å². The van der Waals surface area contributed by atoms with Crippen LogP contribution in [0.25, 0.3) is 11.0 Å². The van der Waals surface area contributed by atoms with Crippen LogP contribution >= 0.6 is 19.3 Å². The summed E-state index contributed by atoms with van der Waals surface area (Å²) in [6.45, 7) is 2.63. The number of carbonyl (C=O) groups is 1.